The number of hydrogen-bond acceptors (Lipinski definition) is 1. The third kappa shape index (κ3) is 2.84. The summed E-state index contributed by atoms with van der Waals surface area (Å²) < 4.78 is 0.698. The number of amides is 1. The third-order valence-electron chi connectivity index (χ3n) is 2.75. The minimum absolute atomic E-state index is 0.114. The number of carbonyl (C=O) groups excluding carboxylic acids is 1. The summed E-state index contributed by atoms with van der Waals surface area (Å²) >= 11 is 0. The van der Waals surface area contributed by atoms with Crippen molar-refractivity contribution in [2.24, 2.45) is 0 Å². The highest BCUT2D eigenvalue weighted by molar-refractivity contribution is 5.87. The summed E-state index contributed by atoms with van der Waals surface area (Å²) in [6.45, 7) is 7.54. The Hall–Kier alpha value is -0.830. The summed E-state index contributed by atoms with van der Waals surface area (Å²) in [5.41, 5.74) is -0.231. The van der Waals surface area contributed by atoms with E-state index in [1.54, 1.807) is 0 Å². The van der Waals surface area contributed by atoms with E-state index in [9.17, 15) is 4.79 Å². The molecular weight excluding hydrogens is 164 g/mol. The standard InChI is InChI=1S/C10H20N2O/c1-7-9(13)11-10(3,8-2)12(4,5)6/h7H,1,8H2,2-6H3/p+1. The van der Waals surface area contributed by atoms with Crippen LogP contribution in [0.5, 0.6) is 0 Å². The minimum Gasteiger partial charge on any atom is -0.309 e. The summed E-state index contributed by atoms with van der Waals surface area (Å²) in [6.07, 6.45) is 2.19. The Kier molecular flexibility index (Phi) is 3.67. The van der Waals surface area contributed by atoms with Crippen LogP contribution in [0.2, 0.25) is 0 Å². The van der Waals surface area contributed by atoms with Gasteiger partial charge < -0.3 is 9.80 Å². The van der Waals surface area contributed by atoms with Gasteiger partial charge in [-0.3, -0.25) is 4.79 Å². The molecule has 3 nitrogen and oxygen atoms in total. The van der Waals surface area contributed by atoms with E-state index in [0.717, 1.165) is 6.42 Å². The van der Waals surface area contributed by atoms with Crippen molar-refractivity contribution >= 4 is 5.91 Å². The van der Waals surface area contributed by atoms with Crippen LogP contribution in [0.3, 0.4) is 0 Å². The van der Waals surface area contributed by atoms with Crippen molar-refractivity contribution in [2.75, 3.05) is 21.1 Å². The predicted molar refractivity (Wildman–Crippen MR) is 55.1 cm³/mol. The number of rotatable bonds is 4. The van der Waals surface area contributed by atoms with Crippen LogP contribution in [0.4, 0.5) is 0 Å². The molecule has 13 heavy (non-hydrogen) atoms. The van der Waals surface area contributed by atoms with Crippen LogP contribution >= 0.6 is 0 Å². The smallest absolute Gasteiger partial charge is 0.248 e. The fourth-order valence-electron chi connectivity index (χ4n) is 1.05. The summed E-state index contributed by atoms with van der Waals surface area (Å²) in [4.78, 5) is 11.2. The molecule has 0 aromatic heterocycles. The quantitative estimate of drug-likeness (QED) is 0.397. The Labute approximate surface area is 81.0 Å². The van der Waals surface area contributed by atoms with Gasteiger partial charge in [0.15, 0.2) is 5.66 Å². The first kappa shape index (κ1) is 12.2. The maximum Gasteiger partial charge on any atom is 0.248 e. The number of nitrogens with one attached hydrogen (secondary N) is 1. The van der Waals surface area contributed by atoms with Gasteiger partial charge in [0.25, 0.3) is 0 Å². The van der Waals surface area contributed by atoms with E-state index in [4.69, 9.17) is 0 Å². The molecule has 0 aliphatic rings. The molecule has 0 aliphatic heterocycles. The van der Waals surface area contributed by atoms with Crippen molar-refractivity contribution in [3.05, 3.63) is 12.7 Å². The third-order valence-corrected chi connectivity index (χ3v) is 2.75. The Morgan fingerprint density at radius 1 is 1.54 bits per heavy atom. The van der Waals surface area contributed by atoms with Crippen molar-refractivity contribution in [1.29, 1.82) is 0 Å². The first-order chi connectivity index (χ1) is 5.77. The van der Waals surface area contributed by atoms with E-state index in [0.29, 0.717) is 4.48 Å². The second-order valence-corrected chi connectivity index (χ2v) is 4.33. The topological polar surface area (TPSA) is 29.1 Å². The molecule has 1 N–H and O–H groups in total. The second kappa shape index (κ2) is 3.92. The molecule has 0 fully saturated rings. The van der Waals surface area contributed by atoms with Crippen molar-refractivity contribution < 1.29 is 9.28 Å². The molecule has 0 saturated carbocycles. The van der Waals surface area contributed by atoms with Gasteiger partial charge in [-0.05, 0) is 6.08 Å². The molecule has 0 rings (SSSR count). The zero-order valence-corrected chi connectivity index (χ0v) is 9.35. The van der Waals surface area contributed by atoms with Gasteiger partial charge in [0.2, 0.25) is 5.91 Å². The summed E-state index contributed by atoms with van der Waals surface area (Å²) in [5.74, 6) is -0.114. The molecule has 0 saturated heterocycles. The van der Waals surface area contributed by atoms with Crippen molar-refractivity contribution in [1.82, 2.24) is 5.32 Å². The predicted octanol–water partition coefficient (Wildman–Crippen LogP) is 1.12. The normalized spacial score (nSPS) is 16.1. The Bertz CT molecular complexity index is 205. The van der Waals surface area contributed by atoms with Gasteiger partial charge in [0, 0.05) is 13.3 Å². The van der Waals surface area contributed by atoms with E-state index in [1.807, 2.05) is 6.92 Å². The van der Waals surface area contributed by atoms with Gasteiger partial charge in [0.05, 0.1) is 21.1 Å². The number of carbonyl (C=O) groups is 1. The number of quaternary nitrogens is 1. The molecule has 76 valence electrons. The van der Waals surface area contributed by atoms with E-state index in [2.05, 4.69) is 40.0 Å². The Balaban J connectivity index is 4.65. The first-order valence-corrected chi connectivity index (χ1v) is 4.53. The molecule has 3 heteroatoms. The van der Waals surface area contributed by atoms with Crippen LogP contribution in [-0.2, 0) is 4.79 Å². The fraction of sp³-hybridized carbons (Fsp3) is 0.700. The molecule has 1 amide bonds. The van der Waals surface area contributed by atoms with Crippen LogP contribution in [0.15, 0.2) is 12.7 Å². The summed E-state index contributed by atoms with van der Waals surface area (Å²) in [5, 5.41) is 2.95. The molecule has 0 spiro atoms. The van der Waals surface area contributed by atoms with Gasteiger partial charge in [-0.1, -0.05) is 13.5 Å². The monoisotopic (exact) mass is 185 g/mol. The first-order valence-electron chi connectivity index (χ1n) is 4.53. The fourth-order valence-corrected chi connectivity index (χ4v) is 1.05. The molecule has 0 aliphatic carbocycles. The van der Waals surface area contributed by atoms with E-state index < -0.39 is 0 Å². The molecule has 0 heterocycles. The van der Waals surface area contributed by atoms with Gasteiger partial charge in [-0.25, -0.2) is 0 Å². The zero-order valence-electron chi connectivity index (χ0n) is 9.35. The summed E-state index contributed by atoms with van der Waals surface area (Å²) in [6, 6.07) is 0. The van der Waals surface area contributed by atoms with E-state index >= 15 is 0 Å². The molecule has 0 aromatic carbocycles. The molecule has 0 radical (unpaired) electrons. The summed E-state index contributed by atoms with van der Waals surface area (Å²) in [7, 11) is 6.19. The Morgan fingerprint density at radius 2 is 2.00 bits per heavy atom. The highest BCUT2D eigenvalue weighted by Crippen LogP contribution is 2.18. The maximum absolute atomic E-state index is 11.2. The van der Waals surface area contributed by atoms with Gasteiger partial charge in [0.1, 0.15) is 0 Å². The lowest BCUT2D eigenvalue weighted by molar-refractivity contribution is -0.924. The average molecular weight is 185 g/mol. The lowest BCUT2D eigenvalue weighted by Crippen LogP contribution is -2.64. The highest BCUT2D eigenvalue weighted by Gasteiger charge is 2.36. The Morgan fingerprint density at radius 3 is 2.23 bits per heavy atom. The lowest BCUT2D eigenvalue weighted by Gasteiger charge is -2.43. The lowest BCUT2D eigenvalue weighted by atomic mass is 10.1. The van der Waals surface area contributed by atoms with Gasteiger partial charge in [-0.2, -0.15) is 0 Å². The van der Waals surface area contributed by atoms with E-state index in [1.165, 1.54) is 6.08 Å². The van der Waals surface area contributed by atoms with Crippen molar-refractivity contribution in [3.8, 4) is 0 Å². The second-order valence-electron chi connectivity index (χ2n) is 4.33. The van der Waals surface area contributed by atoms with Gasteiger partial charge >= 0.3 is 0 Å². The van der Waals surface area contributed by atoms with Crippen LogP contribution < -0.4 is 5.32 Å². The van der Waals surface area contributed by atoms with Crippen molar-refractivity contribution in [2.45, 2.75) is 25.9 Å². The van der Waals surface area contributed by atoms with E-state index in [-0.39, 0.29) is 11.6 Å². The largest absolute Gasteiger partial charge is 0.309 e. The number of hydrogen-bond donors (Lipinski definition) is 1. The van der Waals surface area contributed by atoms with Crippen LogP contribution in [0.1, 0.15) is 20.3 Å². The highest BCUT2D eigenvalue weighted by atomic mass is 16.1. The van der Waals surface area contributed by atoms with Gasteiger partial charge in [-0.15, -0.1) is 0 Å². The SMILES string of the molecule is C=CC(=O)NC(C)(CC)[N+](C)(C)C. The zero-order chi connectivity index (χ0) is 10.7. The van der Waals surface area contributed by atoms with Crippen LogP contribution in [0.25, 0.3) is 0 Å². The number of nitrogens with zero attached hydrogens (tertiary/aromatic N) is 1. The maximum atomic E-state index is 11.2. The molecular formula is C10H21N2O+. The molecule has 1 atom stereocenters. The average Bonchev–Trinajstić information content (AvgIpc) is 2.02. The van der Waals surface area contributed by atoms with Crippen LogP contribution in [0, 0.1) is 0 Å². The minimum atomic E-state index is -0.231. The van der Waals surface area contributed by atoms with Crippen molar-refractivity contribution in [3.63, 3.8) is 0 Å². The molecule has 0 aromatic rings. The van der Waals surface area contributed by atoms with Crippen LogP contribution in [-0.4, -0.2) is 37.2 Å². The molecule has 1 unspecified atom stereocenters. The molecule has 0 bridgehead atoms.